The van der Waals surface area contributed by atoms with Crippen molar-refractivity contribution >= 4 is 0 Å². The molecule has 2 rings (SSSR count). The first-order valence-corrected chi connectivity index (χ1v) is 5.46. The second-order valence-electron chi connectivity index (χ2n) is 4.25. The fraction of sp³-hybridized carbons (Fsp3) is 0.727. The lowest BCUT2D eigenvalue weighted by molar-refractivity contribution is 0.679. The molecule has 0 unspecified atom stereocenters. The van der Waals surface area contributed by atoms with Crippen LogP contribution in [0.4, 0.5) is 0 Å². The lowest BCUT2D eigenvalue weighted by atomic mass is 9.95. The van der Waals surface area contributed by atoms with Crippen LogP contribution in [0.1, 0.15) is 48.6 Å². The van der Waals surface area contributed by atoms with Crippen molar-refractivity contribution in [2.24, 2.45) is 12.8 Å². The minimum Gasteiger partial charge on any atom is -0.325 e. The molecule has 0 amide bonds. The van der Waals surface area contributed by atoms with Gasteiger partial charge >= 0.3 is 0 Å². The molecule has 1 aromatic rings. The SMILES string of the molecule is Cc1nn(C)c(CN)c1C1CCCC1. The summed E-state index contributed by atoms with van der Waals surface area (Å²) < 4.78 is 1.95. The number of nitrogens with zero attached hydrogens (tertiary/aromatic N) is 2. The zero-order valence-electron chi connectivity index (χ0n) is 9.08. The maximum absolute atomic E-state index is 5.77. The number of aryl methyl sites for hydroxylation is 2. The summed E-state index contributed by atoms with van der Waals surface area (Å²) in [6, 6.07) is 0. The third-order valence-corrected chi connectivity index (χ3v) is 3.35. The Hall–Kier alpha value is -0.830. The molecule has 0 bridgehead atoms. The smallest absolute Gasteiger partial charge is 0.0631 e. The zero-order valence-corrected chi connectivity index (χ0v) is 9.08. The van der Waals surface area contributed by atoms with Crippen LogP contribution in [0.3, 0.4) is 0 Å². The van der Waals surface area contributed by atoms with Crippen LogP contribution < -0.4 is 5.73 Å². The van der Waals surface area contributed by atoms with Crippen molar-refractivity contribution < 1.29 is 0 Å². The van der Waals surface area contributed by atoms with E-state index in [0.29, 0.717) is 6.54 Å². The number of nitrogens with two attached hydrogens (primary N) is 1. The third kappa shape index (κ3) is 1.46. The molecule has 0 radical (unpaired) electrons. The van der Waals surface area contributed by atoms with Gasteiger partial charge in [-0.25, -0.2) is 0 Å². The van der Waals surface area contributed by atoms with Crippen molar-refractivity contribution in [2.75, 3.05) is 0 Å². The average Bonchev–Trinajstić information content (AvgIpc) is 2.72. The Labute approximate surface area is 85.3 Å². The molecule has 1 aliphatic carbocycles. The quantitative estimate of drug-likeness (QED) is 0.779. The normalized spacial score (nSPS) is 17.9. The fourth-order valence-electron chi connectivity index (χ4n) is 2.71. The molecular weight excluding hydrogens is 174 g/mol. The van der Waals surface area contributed by atoms with Gasteiger partial charge in [-0.1, -0.05) is 12.8 Å². The van der Waals surface area contributed by atoms with Crippen molar-refractivity contribution in [2.45, 2.75) is 45.1 Å². The summed E-state index contributed by atoms with van der Waals surface area (Å²) in [7, 11) is 1.99. The van der Waals surface area contributed by atoms with Gasteiger partial charge in [0.15, 0.2) is 0 Å². The van der Waals surface area contributed by atoms with Gasteiger partial charge in [-0.05, 0) is 25.7 Å². The maximum Gasteiger partial charge on any atom is 0.0631 e. The molecule has 0 spiro atoms. The Bertz CT molecular complexity index is 322. The van der Waals surface area contributed by atoms with Crippen molar-refractivity contribution in [3.63, 3.8) is 0 Å². The molecule has 14 heavy (non-hydrogen) atoms. The highest BCUT2D eigenvalue weighted by molar-refractivity contribution is 5.30. The van der Waals surface area contributed by atoms with Gasteiger partial charge < -0.3 is 5.73 Å². The van der Waals surface area contributed by atoms with E-state index in [2.05, 4.69) is 12.0 Å². The van der Waals surface area contributed by atoms with E-state index in [1.54, 1.807) is 0 Å². The van der Waals surface area contributed by atoms with E-state index < -0.39 is 0 Å². The molecule has 2 N–H and O–H groups in total. The fourth-order valence-corrected chi connectivity index (χ4v) is 2.71. The van der Waals surface area contributed by atoms with Crippen LogP contribution in [0.15, 0.2) is 0 Å². The molecule has 1 saturated carbocycles. The predicted octanol–water partition coefficient (Wildman–Crippen LogP) is 1.84. The van der Waals surface area contributed by atoms with Gasteiger partial charge in [0.1, 0.15) is 0 Å². The van der Waals surface area contributed by atoms with E-state index in [-0.39, 0.29) is 0 Å². The molecule has 0 aromatic carbocycles. The minimum atomic E-state index is 0.614. The van der Waals surface area contributed by atoms with Crippen LogP contribution in [-0.4, -0.2) is 9.78 Å². The van der Waals surface area contributed by atoms with Crippen molar-refractivity contribution in [1.82, 2.24) is 9.78 Å². The maximum atomic E-state index is 5.77. The number of hydrogen-bond donors (Lipinski definition) is 1. The molecular formula is C11H19N3. The molecule has 78 valence electrons. The van der Waals surface area contributed by atoms with Crippen molar-refractivity contribution in [1.29, 1.82) is 0 Å². The summed E-state index contributed by atoms with van der Waals surface area (Å²) in [5.41, 5.74) is 9.62. The monoisotopic (exact) mass is 193 g/mol. The second-order valence-corrected chi connectivity index (χ2v) is 4.25. The van der Waals surface area contributed by atoms with Gasteiger partial charge in [0, 0.05) is 19.2 Å². The van der Waals surface area contributed by atoms with Gasteiger partial charge in [0.05, 0.1) is 11.4 Å². The lowest BCUT2D eigenvalue weighted by Crippen LogP contribution is -2.08. The highest BCUT2D eigenvalue weighted by atomic mass is 15.3. The summed E-state index contributed by atoms with van der Waals surface area (Å²) in [6.45, 7) is 2.72. The molecule has 3 nitrogen and oxygen atoms in total. The summed E-state index contributed by atoms with van der Waals surface area (Å²) in [4.78, 5) is 0. The summed E-state index contributed by atoms with van der Waals surface area (Å²) in [5, 5.41) is 4.46. The Balaban J connectivity index is 2.38. The van der Waals surface area contributed by atoms with Crippen LogP contribution >= 0.6 is 0 Å². The molecule has 1 fully saturated rings. The molecule has 0 atom stereocenters. The standard InChI is InChI=1S/C11H19N3/c1-8-11(9-5-3-4-6-9)10(7-12)14(2)13-8/h9H,3-7,12H2,1-2H3. The van der Waals surface area contributed by atoms with Gasteiger partial charge in [-0.2, -0.15) is 5.10 Å². The van der Waals surface area contributed by atoms with Gasteiger partial charge in [0.25, 0.3) is 0 Å². The van der Waals surface area contributed by atoms with Crippen LogP contribution in [0.25, 0.3) is 0 Å². The molecule has 3 heteroatoms. The topological polar surface area (TPSA) is 43.8 Å². The molecule has 1 aliphatic rings. The van der Waals surface area contributed by atoms with E-state index >= 15 is 0 Å². The van der Waals surface area contributed by atoms with Gasteiger partial charge in [0.2, 0.25) is 0 Å². The summed E-state index contributed by atoms with van der Waals surface area (Å²) >= 11 is 0. The average molecular weight is 193 g/mol. The van der Waals surface area contributed by atoms with Gasteiger partial charge in [-0.15, -0.1) is 0 Å². The molecule has 0 saturated heterocycles. The van der Waals surface area contributed by atoms with Gasteiger partial charge in [-0.3, -0.25) is 4.68 Å². The van der Waals surface area contributed by atoms with Crippen LogP contribution in [-0.2, 0) is 13.6 Å². The van der Waals surface area contributed by atoms with E-state index in [1.165, 1.54) is 42.6 Å². The summed E-state index contributed by atoms with van der Waals surface area (Å²) in [5.74, 6) is 0.724. The van der Waals surface area contributed by atoms with Crippen LogP contribution in [0.2, 0.25) is 0 Å². The van der Waals surface area contributed by atoms with Crippen LogP contribution in [0, 0.1) is 6.92 Å². The molecule has 1 heterocycles. The first-order valence-electron chi connectivity index (χ1n) is 5.46. The van der Waals surface area contributed by atoms with Crippen molar-refractivity contribution in [3.05, 3.63) is 17.0 Å². The van der Waals surface area contributed by atoms with E-state index in [1.807, 2.05) is 11.7 Å². The third-order valence-electron chi connectivity index (χ3n) is 3.35. The Kier molecular flexibility index (Phi) is 2.59. The van der Waals surface area contributed by atoms with Crippen molar-refractivity contribution in [3.8, 4) is 0 Å². The van der Waals surface area contributed by atoms with E-state index in [0.717, 1.165) is 5.92 Å². The Morgan fingerprint density at radius 3 is 2.64 bits per heavy atom. The first kappa shape index (κ1) is 9.71. The van der Waals surface area contributed by atoms with E-state index in [9.17, 15) is 0 Å². The number of hydrogen-bond acceptors (Lipinski definition) is 2. The van der Waals surface area contributed by atoms with E-state index in [4.69, 9.17) is 5.73 Å². The molecule has 0 aliphatic heterocycles. The highest BCUT2D eigenvalue weighted by Crippen LogP contribution is 2.37. The lowest BCUT2D eigenvalue weighted by Gasteiger charge is -2.10. The molecule has 1 aromatic heterocycles. The first-order chi connectivity index (χ1) is 6.74. The summed E-state index contributed by atoms with van der Waals surface area (Å²) in [6.07, 6.45) is 5.37. The minimum absolute atomic E-state index is 0.614. The number of aromatic nitrogens is 2. The predicted molar refractivity (Wildman–Crippen MR) is 57.0 cm³/mol. The Morgan fingerprint density at radius 2 is 2.07 bits per heavy atom. The Morgan fingerprint density at radius 1 is 1.43 bits per heavy atom. The highest BCUT2D eigenvalue weighted by Gasteiger charge is 2.24. The second kappa shape index (κ2) is 3.73. The largest absolute Gasteiger partial charge is 0.325 e. The number of rotatable bonds is 2. The zero-order chi connectivity index (χ0) is 10.1. The van der Waals surface area contributed by atoms with Crippen LogP contribution in [0.5, 0.6) is 0 Å².